The van der Waals surface area contributed by atoms with Crippen molar-refractivity contribution in [2.45, 2.75) is 70.3 Å². The number of hydrogen-bond acceptors (Lipinski definition) is 0. The quantitative estimate of drug-likeness (QED) is 0.474. The van der Waals surface area contributed by atoms with Crippen LogP contribution in [0.2, 0.25) is 6.04 Å². The van der Waals surface area contributed by atoms with Gasteiger partial charge in [0.05, 0.1) is 0 Å². The van der Waals surface area contributed by atoms with Gasteiger partial charge >= 0.3 is 0 Å². The third-order valence-corrected chi connectivity index (χ3v) is 8.02. The van der Waals surface area contributed by atoms with Gasteiger partial charge in [-0.25, -0.2) is 4.39 Å². The Morgan fingerprint density at radius 1 is 0.821 bits per heavy atom. The Bertz CT molecular complexity index is 766. The van der Waals surface area contributed by atoms with Crippen LogP contribution in [-0.2, 0) is 0 Å². The first-order chi connectivity index (χ1) is 13.6. The van der Waals surface area contributed by atoms with Crippen molar-refractivity contribution >= 4 is 10.2 Å². The van der Waals surface area contributed by atoms with E-state index in [2.05, 4.69) is 35.4 Å². The van der Waals surface area contributed by atoms with Crippen molar-refractivity contribution in [2.75, 3.05) is 0 Å². The van der Waals surface area contributed by atoms with E-state index < -0.39 is 0 Å². The first kappa shape index (κ1) is 19.9. The smallest absolute Gasteiger partial charge is 0.131 e. The minimum atomic E-state index is -0.0728. The third kappa shape index (κ3) is 4.43. The van der Waals surface area contributed by atoms with E-state index in [0.717, 1.165) is 28.9 Å². The number of aryl methyl sites for hydroxylation is 1. The molecule has 147 valence electrons. The molecule has 0 aromatic heterocycles. The topological polar surface area (TPSA) is 0 Å². The van der Waals surface area contributed by atoms with Gasteiger partial charge in [-0.15, -0.1) is 0 Å². The van der Waals surface area contributed by atoms with Crippen LogP contribution >= 0.6 is 0 Å². The predicted octanol–water partition coefficient (Wildman–Crippen LogP) is 7.47. The average Bonchev–Trinajstić information content (AvgIpc) is 2.75. The van der Waals surface area contributed by atoms with Crippen LogP contribution < -0.4 is 0 Å². The summed E-state index contributed by atoms with van der Waals surface area (Å²) in [6.07, 6.45) is 10.8. The maximum absolute atomic E-state index is 14.8. The van der Waals surface area contributed by atoms with Gasteiger partial charge in [-0.05, 0) is 86.3 Å². The summed E-state index contributed by atoms with van der Waals surface area (Å²) < 4.78 is 14.8. The maximum atomic E-state index is 14.8. The van der Waals surface area contributed by atoms with E-state index >= 15 is 0 Å². The summed E-state index contributed by atoms with van der Waals surface area (Å²) in [4.78, 5) is 0. The number of hydrogen-bond donors (Lipinski definition) is 0. The Labute approximate surface area is 173 Å². The van der Waals surface area contributed by atoms with Gasteiger partial charge in [-0.3, -0.25) is 0 Å². The molecule has 0 aliphatic heterocycles. The Kier molecular flexibility index (Phi) is 6.35. The highest BCUT2D eigenvalue weighted by Crippen LogP contribution is 2.44. The molecule has 0 atom stereocenters. The summed E-state index contributed by atoms with van der Waals surface area (Å²) in [6, 6.07) is 15.3. The lowest BCUT2D eigenvalue weighted by Crippen LogP contribution is -2.25. The van der Waals surface area contributed by atoms with Crippen molar-refractivity contribution in [3.05, 3.63) is 59.4 Å². The Hall–Kier alpha value is -1.41. The van der Waals surface area contributed by atoms with Crippen molar-refractivity contribution in [3.63, 3.8) is 0 Å². The van der Waals surface area contributed by atoms with E-state index in [1.165, 1.54) is 68.5 Å². The molecule has 2 saturated carbocycles. The molecule has 3 radical (unpaired) electrons. The van der Waals surface area contributed by atoms with Gasteiger partial charge in [-0.1, -0.05) is 60.8 Å². The minimum absolute atomic E-state index is 0.0728. The molecule has 0 saturated heterocycles. The average molecular weight is 392 g/mol. The zero-order chi connectivity index (χ0) is 19.5. The van der Waals surface area contributed by atoms with E-state index in [1.807, 2.05) is 18.2 Å². The first-order valence-corrected chi connectivity index (χ1v) is 11.9. The standard InChI is InChI=1S/C26H32FSi/c1-18-2-6-23(7-3-18)25-15-14-24(16-26(25)27)22-12-10-21(11-13-22)20-8-4-19(17-28)5-9-20/h2-3,6-7,14-16,19-22H,4-5,8-13,17H2,1H3. The zero-order valence-corrected chi connectivity index (χ0v) is 18.1. The van der Waals surface area contributed by atoms with Gasteiger partial charge in [0.1, 0.15) is 5.82 Å². The monoisotopic (exact) mass is 391 g/mol. The van der Waals surface area contributed by atoms with Gasteiger partial charge in [0.15, 0.2) is 0 Å². The van der Waals surface area contributed by atoms with Crippen LogP contribution in [-0.4, -0.2) is 10.2 Å². The molecule has 2 aliphatic carbocycles. The normalized spacial score (nSPS) is 28.2. The zero-order valence-electron chi connectivity index (χ0n) is 17.1. The SMILES string of the molecule is Cc1ccc(-c2ccc(C3CCC(C4CCC(C[Si])CC4)CC3)cc2F)cc1. The lowest BCUT2D eigenvalue weighted by atomic mass is 9.68. The fraction of sp³-hybridized carbons (Fsp3) is 0.538. The van der Waals surface area contributed by atoms with E-state index in [0.29, 0.717) is 5.92 Å². The molecule has 0 nitrogen and oxygen atoms in total. The Morgan fingerprint density at radius 2 is 1.43 bits per heavy atom. The molecule has 0 amide bonds. The molecule has 0 unspecified atom stereocenters. The molecule has 2 aromatic carbocycles. The molecule has 2 aromatic rings. The number of halogens is 1. The van der Waals surface area contributed by atoms with Crippen molar-refractivity contribution in [1.29, 1.82) is 0 Å². The first-order valence-electron chi connectivity index (χ1n) is 11.1. The number of benzene rings is 2. The van der Waals surface area contributed by atoms with Crippen LogP contribution in [0.25, 0.3) is 11.1 Å². The van der Waals surface area contributed by atoms with Crippen LogP contribution in [0.3, 0.4) is 0 Å². The molecule has 2 fully saturated rings. The highest BCUT2D eigenvalue weighted by molar-refractivity contribution is 6.08. The molecule has 28 heavy (non-hydrogen) atoms. The third-order valence-electron chi connectivity index (χ3n) is 7.45. The Morgan fingerprint density at radius 3 is 2.00 bits per heavy atom. The fourth-order valence-electron chi connectivity index (χ4n) is 5.54. The van der Waals surface area contributed by atoms with Crippen LogP contribution in [0.15, 0.2) is 42.5 Å². The summed E-state index contributed by atoms with van der Waals surface area (Å²) in [7, 11) is 3.71. The summed E-state index contributed by atoms with van der Waals surface area (Å²) >= 11 is 0. The van der Waals surface area contributed by atoms with Gasteiger partial charge in [-0.2, -0.15) is 0 Å². The molecule has 2 heteroatoms. The summed E-state index contributed by atoms with van der Waals surface area (Å²) in [5.74, 6) is 3.21. The highest BCUT2D eigenvalue weighted by Gasteiger charge is 2.31. The van der Waals surface area contributed by atoms with E-state index in [9.17, 15) is 4.39 Å². The van der Waals surface area contributed by atoms with Crippen molar-refractivity contribution in [3.8, 4) is 11.1 Å². The van der Waals surface area contributed by atoms with Crippen molar-refractivity contribution < 1.29 is 4.39 Å². The molecule has 0 bridgehead atoms. The molecular weight excluding hydrogens is 359 g/mol. The molecular formula is C26H32FSi. The molecule has 4 rings (SSSR count). The van der Waals surface area contributed by atoms with Gasteiger partial charge in [0.25, 0.3) is 0 Å². The summed E-state index contributed by atoms with van der Waals surface area (Å²) in [5, 5.41) is 0. The second-order valence-electron chi connectivity index (χ2n) is 9.20. The van der Waals surface area contributed by atoms with Crippen LogP contribution in [0, 0.1) is 30.5 Å². The fourth-order valence-corrected chi connectivity index (χ4v) is 5.95. The predicted molar refractivity (Wildman–Crippen MR) is 117 cm³/mol. The second kappa shape index (κ2) is 8.94. The lowest BCUT2D eigenvalue weighted by Gasteiger charge is -2.38. The highest BCUT2D eigenvalue weighted by atomic mass is 28.1. The van der Waals surface area contributed by atoms with E-state index in [4.69, 9.17) is 0 Å². The minimum Gasteiger partial charge on any atom is -0.206 e. The summed E-state index contributed by atoms with van der Waals surface area (Å²) in [6.45, 7) is 2.06. The lowest BCUT2D eigenvalue weighted by molar-refractivity contribution is 0.165. The Balaban J connectivity index is 1.37. The molecule has 2 aliphatic rings. The van der Waals surface area contributed by atoms with Gasteiger partial charge in [0.2, 0.25) is 0 Å². The van der Waals surface area contributed by atoms with Crippen LogP contribution in [0.5, 0.6) is 0 Å². The maximum Gasteiger partial charge on any atom is 0.131 e. The molecule has 0 N–H and O–H groups in total. The van der Waals surface area contributed by atoms with Gasteiger partial charge < -0.3 is 0 Å². The van der Waals surface area contributed by atoms with Crippen molar-refractivity contribution in [1.82, 2.24) is 0 Å². The van der Waals surface area contributed by atoms with E-state index in [1.54, 1.807) is 6.07 Å². The molecule has 0 heterocycles. The van der Waals surface area contributed by atoms with Gasteiger partial charge in [0, 0.05) is 15.8 Å². The van der Waals surface area contributed by atoms with E-state index in [-0.39, 0.29) is 5.82 Å². The van der Waals surface area contributed by atoms with Crippen LogP contribution in [0.1, 0.15) is 68.4 Å². The second-order valence-corrected chi connectivity index (χ2v) is 9.61. The molecule has 0 spiro atoms. The largest absolute Gasteiger partial charge is 0.206 e. The van der Waals surface area contributed by atoms with Crippen molar-refractivity contribution in [2.24, 2.45) is 17.8 Å². The number of rotatable bonds is 4. The van der Waals surface area contributed by atoms with Crippen LogP contribution in [0.4, 0.5) is 4.39 Å². The summed E-state index contributed by atoms with van der Waals surface area (Å²) in [5.41, 5.74) is 4.10.